The van der Waals surface area contributed by atoms with Gasteiger partial charge in [0.1, 0.15) is 5.76 Å². The van der Waals surface area contributed by atoms with Crippen molar-refractivity contribution in [3.05, 3.63) is 46.1 Å². The fourth-order valence-corrected chi connectivity index (χ4v) is 4.09. The van der Waals surface area contributed by atoms with Crippen LogP contribution in [0.4, 0.5) is 10.5 Å². The van der Waals surface area contributed by atoms with E-state index in [1.54, 1.807) is 22.8 Å². The maximum absolute atomic E-state index is 12.8. The number of carbonyl (C=O) groups is 2. The minimum Gasteiger partial charge on any atom is -0.445 e. The lowest BCUT2D eigenvalue weighted by atomic mass is 9.97. The summed E-state index contributed by atoms with van der Waals surface area (Å²) in [6, 6.07) is 5.33. The van der Waals surface area contributed by atoms with Crippen molar-refractivity contribution in [1.29, 1.82) is 0 Å². The number of morpholine rings is 1. The van der Waals surface area contributed by atoms with Gasteiger partial charge in [0, 0.05) is 42.8 Å². The zero-order chi connectivity index (χ0) is 22.0. The van der Waals surface area contributed by atoms with Crippen molar-refractivity contribution in [3.63, 3.8) is 0 Å². The van der Waals surface area contributed by atoms with Crippen LogP contribution in [0.15, 0.2) is 22.6 Å². The predicted molar refractivity (Wildman–Crippen MR) is 117 cm³/mol. The molecule has 0 atom stereocenters. The van der Waals surface area contributed by atoms with Gasteiger partial charge < -0.3 is 24.3 Å². The van der Waals surface area contributed by atoms with Crippen LogP contribution in [0.1, 0.15) is 46.5 Å². The number of rotatable bonds is 3. The number of anilines is 1. The fraction of sp³-hybridized carbons (Fsp3) is 0.500. The first-order valence-electron chi connectivity index (χ1n) is 10.6. The third-order valence-corrected chi connectivity index (χ3v) is 6.28. The molecule has 9 heteroatoms. The highest BCUT2D eigenvalue weighted by atomic mass is 35.5. The van der Waals surface area contributed by atoms with E-state index < -0.39 is 0 Å². The van der Waals surface area contributed by atoms with Gasteiger partial charge in [0.25, 0.3) is 5.91 Å². The van der Waals surface area contributed by atoms with Crippen LogP contribution in [-0.4, -0.2) is 66.1 Å². The molecule has 0 radical (unpaired) electrons. The third-order valence-electron chi connectivity index (χ3n) is 5.87. The Morgan fingerprint density at radius 3 is 2.48 bits per heavy atom. The molecule has 4 rings (SSSR count). The highest BCUT2D eigenvalue weighted by Crippen LogP contribution is 2.30. The molecule has 2 aliphatic heterocycles. The number of hydrogen-bond donors (Lipinski definition) is 1. The summed E-state index contributed by atoms with van der Waals surface area (Å²) in [5.41, 5.74) is 2.03. The first kappa shape index (κ1) is 21.6. The van der Waals surface area contributed by atoms with Crippen LogP contribution in [0.2, 0.25) is 5.02 Å². The number of aromatic nitrogens is 1. The van der Waals surface area contributed by atoms with Gasteiger partial charge in [-0.2, -0.15) is 0 Å². The Hall–Kier alpha value is -2.58. The standard InChI is InChI=1S/C22H27ClN4O4/c1-14-3-4-17(13-18(14)23)24-22(29)27-7-5-16(6-8-27)20-25-19(15(2)31-20)21(28)26-9-11-30-12-10-26/h3-4,13,16H,5-12H2,1-2H3,(H,24,29). The Balaban J connectivity index is 1.34. The number of nitrogens with one attached hydrogen (secondary N) is 1. The van der Waals surface area contributed by atoms with Crippen molar-refractivity contribution >= 4 is 29.2 Å². The highest BCUT2D eigenvalue weighted by molar-refractivity contribution is 6.31. The molecule has 8 nitrogen and oxygen atoms in total. The third kappa shape index (κ3) is 4.85. The Bertz CT molecular complexity index is 962. The molecule has 31 heavy (non-hydrogen) atoms. The van der Waals surface area contributed by atoms with Crippen molar-refractivity contribution < 1.29 is 18.7 Å². The number of urea groups is 1. The minimum absolute atomic E-state index is 0.0859. The molecule has 0 bridgehead atoms. The lowest BCUT2D eigenvalue weighted by Gasteiger charge is -2.30. The maximum Gasteiger partial charge on any atom is 0.321 e. The Morgan fingerprint density at radius 1 is 1.10 bits per heavy atom. The largest absolute Gasteiger partial charge is 0.445 e. The molecular formula is C22H27ClN4O4. The van der Waals surface area contributed by atoms with Crippen LogP contribution in [0.3, 0.4) is 0 Å². The number of carbonyl (C=O) groups excluding carboxylic acids is 2. The summed E-state index contributed by atoms with van der Waals surface area (Å²) >= 11 is 6.14. The topological polar surface area (TPSA) is 87.9 Å². The lowest BCUT2D eigenvalue weighted by molar-refractivity contribution is 0.0298. The molecule has 1 aromatic heterocycles. The van der Waals surface area contributed by atoms with E-state index in [-0.39, 0.29) is 17.9 Å². The smallest absolute Gasteiger partial charge is 0.321 e. The summed E-state index contributed by atoms with van der Waals surface area (Å²) in [5.74, 6) is 1.11. The Kier molecular flexibility index (Phi) is 6.48. The number of likely N-dealkylation sites (tertiary alicyclic amines) is 1. The molecule has 3 heterocycles. The number of aryl methyl sites for hydroxylation is 2. The fourth-order valence-electron chi connectivity index (χ4n) is 3.91. The van der Waals surface area contributed by atoms with E-state index in [4.69, 9.17) is 20.8 Å². The van der Waals surface area contributed by atoms with E-state index in [1.165, 1.54) is 0 Å². The molecule has 0 aliphatic carbocycles. The van der Waals surface area contributed by atoms with Gasteiger partial charge in [-0.3, -0.25) is 4.79 Å². The molecule has 0 saturated carbocycles. The first-order valence-corrected chi connectivity index (χ1v) is 11.0. The Labute approximate surface area is 186 Å². The number of nitrogens with zero attached hydrogens (tertiary/aromatic N) is 3. The first-order chi connectivity index (χ1) is 14.9. The molecule has 1 N–H and O–H groups in total. The van der Waals surface area contributed by atoms with E-state index in [2.05, 4.69) is 10.3 Å². The average Bonchev–Trinajstić information content (AvgIpc) is 3.18. The van der Waals surface area contributed by atoms with Crippen LogP contribution < -0.4 is 5.32 Å². The number of piperidine rings is 1. The van der Waals surface area contributed by atoms with Crippen molar-refractivity contribution in [3.8, 4) is 0 Å². The molecule has 2 fully saturated rings. The molecule has 1 aromatic carbocycles. The summed E-state index contributed by atoms with van der Waals surface area (Å²) in [7, 11) is 0. The molecule has 0 spiro atoms. The van der Waals surface area contributed by atoms with Gasteiger partial charge >= 0.3 is 6.03 Å². The summed E-state index contributed by atoms with van der Waals surface area (Å²) in [5, 5.41) is 3.53. The molecule has 3 amide bonds. The number of halogens is 1. The second-order valence-corrected chi connectivity index (χ2v) is 8.42. The summed E-state index contributed by atoms with van der Waals surface area (Å²) in [6.45, 7) is 7.10. The van der Waals surface area contributed by atoms with E-state index >= 15 is 0 Å². The molecule has 166 valence electrons. The van der Waals surface area contributed by atoms with Crippen molar-refractivity contribution in [1.82, 2.24) is 14.8 Å². The van der Waals surface area contributed by atoms with Crippen LogP contribution in [0.25, 0.3) is 0 Å². The molecule has 0 unspecified atom stereocenters. The number of hydrogen-bond acceptors (Lipinski definition) is 5. The van der Waals surface area contributed by atoms with Gasteiger partial charge in [0.2, 0.25) is 0 Å². The second kappa shape index (κ2) is 9.28. The molecule has 2 saturated heterocycles. The van der Waals surface area contributed by atoms with Crippen LogP contribution in [0.5, 0.6) is 0 Å². The number of benzene rings is 1. The molecule has 2 aromatic rings. The summed E-state index contributed by atoms with van der Waals surface area (Å²) in [6.07, 6.45) is 1.46. The van der Waals surface area contributed by atoms with E-state index in [1.807, 2.05) is 19.1 Å². The van der Waals surface area contributed by atoms with E-state index in [0.29, 0.717) is 67.4 Å². The van der Waals surface area contributed by atoms with Gasteiger partial charge in [-0.25, -0.2) is 9.78 Å². The normalized spacial score (nSPS) is 17.6. The maximum atomic E-state index is 12.8. The lowest BCUT2D eigenvalue weighted by Crippen LogP contribution is -2.41. The summed E-state index contributed by atoms with van der Waals surface area (Å²) < 4.78 is 11.2. The quantitative estimate of drug-likeness (QED) is 0.774. The molecular weight excluding hydrogens is 420 g/mol. The summed E-state index contributed by atoms with van der Waals surface area (Å²) in [4.78, 5) is 33.4. The van der Waals surface area contributed by atoms with Gasteiger partial charge in [-0.1, -0.05) is 17.7 Å². The van der Waals surface area contributed by atoms with Gasteiger partial charge in [0.05, 0.1) is 13.2 Å². The number of amides is 3. The zero-order valence-corrected chi connectivity index (χ0v) is 18.6. The van der Waals surface area contributed by atoms with Gasteiger partial charge in [0.15, 0.2) is 11.6 Å². The zero-order valence-electron chi connectivity index (χ0n) is 17.8. The van der Waals surface area contributed by atoms with Crippen LogP contribution in [0, 0.1) is 13.8 Å². The van der Waals surface area contributed by atoms with Crippen LogP contribution in [-0.2, 0) is 4.74 Å². The van der Waals surface area contributed by atoms with E-state index in [9.17, 15) is 9.59 Å². The Morgan fingerprint density at radius 2 is 1.81 bits per heavy atom. The molecule has 2 aliphatic rings. The predicted octanol–water partition coefficient (Wildman–Crippen LogP) is 3.83. The van der Waals surface area contributed by atoms with Crippen molar-refractivity contribution in [2.45, 2.75) is 32.6 Å². The highest BCUT2D eigenvalue weighted by Gasteiger charge is 2.30. The SMILES string of the molecule is Cc1ccc(NC(=O)N2CCC(c3nc(C(=O)N4CCOCC4)c(C)o3)CC2)cc1Cl. The van der Waals surface area contributed by atoms with E-state index in [0.717, 1.165) is 18.4 Å². The number of ether oxygens (including phenoxy) is 1. The minimum atomic E-state index is -0.148. The van der Waals surface area contributed by atoms with Crippen molar-refractivity contribution in [2.24, 2.45) is 0 Å². The van der Waals surface area contributed by atoms with Crippen LogP contribution >= 0.6 is 11.6 Å². The average molecular weight is 447 g/mol. The second-order valence-electron chi connectivity index (χ2n) is 8.02. The number of oxazole rings is 1. The van der Waals surface area contributed by atoms with Gasteiger partial charge in [-0.15, -0.1) is 0 Å². The van der Waals surface area contributed by atoms with Crippen molar-refractivity contribution in [2.75, 3.05) is 44.7 Å². The monoisotopic (exact) mass is 446 g/mol. The van der Waals surface area contributed by atoms with Gasteiger partial charge in [-0.05, 0) is 44.4 Å².